The number of hydrogen-bond donors (Lipinski definition) is 2. The minimum Gasteiger partial charge on any atom is -0.489 e. The first kappa shape index (κ1) is 18.7. The maximum atomic E-state index is 12.2. The summed E-state index contributed by atoms with van der Waals surface area (Å²) in [5, 5.41) is 6.07. The molecular weight excluding hydrogens is 316 g/mol. The molecule has 1 heterocycles. The Labute approximate surface area is 149 Å². The zero-order valence-corrected chi connectivity index (χ0v) is 15.1. The highest BCUT2D eigenvalue weighted by Gasteiger charge is 2.10. The minimum absolute atomic E-state index is 0.0674. The van der Waals surface area contributed by atoms with E-state index in [1.54, 1.807) is 6.07 Å². The molecule has 0 radical (unpaired) electrons. The second-order valence-corrected chi connectivity index (χ2v) is 6.04. The molecule has 2 aromatic rings. The molecule has 0 aliphatic carbocycles. The van der Waals surface area contributed by atoms with Crippen molar-refractivity contribution in [3.05, 3.63) is 42.4 Å². The summed E-state index contributed by atoms with van der Waals surface area (Å²) in [7, 11) is 0. The van der Waals surface area contributed by atoms with Crippen molar-refractivity contribution in [1.29, 1.82) is 0 Å². The largest absolute Gasteiger partial charge is 0.489 e. The molecule has 6 heteroatoms. The summed E-state index contributed by atoms with van der Waals surface area (Å²) in [6.45, 7) is 6.74. The smallest absolute Gasteiger partial charge is 0.270 e. The van der Waals surface area contributed by atoms with Crippen LogP contribution in [0, 0.1) is 0 Å². The average Bonchev–Trinajstić information content (AvgIpc) is 2.60. The zero-order chi connectivity index (χ0) is 18.1. The number of rotatable bonds is 9. The molecule has 0 aliphatic heterocycles. The van der Waals surface area contributed by atoms with Crippen molar-refractivity contribution in [1.82, 2.24) is 15.3 Å². The van der Waals surface area contributed by atoms with Gasteiger partial charge in [-0.15, -0.1) is 0 Å². The maximum absolute atomic E-state index is 12.2. The molecular formula is C19H26N4O2. The number of carbonyl (C=O) groups is 1. The van der Waals surface area contributed by atoms with E-state index >= 15 is 0 Å². The van der Waals surface area contributed by atoms with Gasteiger partial charge >= 0.3 is 0 Å². The predicted molar refractivity (Wildman–Crippen MR) is 99.4 cm³/mol. The molecule has 0 aliphatic rings. The lowest BCUT2D eigenvalue weighted by molar-refractivity contribution is 0.0948. The number of unbranched alkanes of at least 4 members (excludes halogenated alkanes) is 2. The van der Waals surface area contributed by atoms with Crippen LogP contribution < -0.4 is 15.4 Å². The van der Waals surface area contributed by atoms with Crippen molar-refractivity contribution in [2.45, 2.75) is 46.1 Å². The molecule has 0 spiro atoms. The summed E-state index contributed by atoms with van der Waals surface area (Å²) >= 11 is 0. The van der Waals surface area contributed by atoms with Gasteiger partial charge in [-0.25, -0.2) is 9.97 Å². The lowest BCUT2D eigenvalue weighted by atomic mass is 10.2. The fourth-order valence-corrected chi connectivity index (χ4v) is 2.28. The van der Waals surface area contributed by atoms with Crippen molar-refractivity contribution in [2.75, 3.05) is 11.9 Å². The first-order chi connectivity index (χ1) is 12.1. The molecule has 25 heavy (non-hydrogen) atoms. The van der Waals surface area contributed by atoms with Gasteiger partial charge in [0.1, 0.15) is 23.6 Å². The van der Waals surface area contributed by atoms with Gasteiger partial charge in [0.25, 0.3) is 5.91 Å². The summed E-state index contributed by atoms with van der Waals surface area (Å²) in [6.07, 6.45) is 4.64. The molecule has 0 fully saturated rings. The van der Waals surface area contributed by atoms with Crippen LogP contribution in [0.1, 0.15) is 50.5 Å². The van der Waals surface area contributed by atoms with Crippen LogP contribution in [0.25, 0.3) is 0 Å². The number of nitrogens with zero attached hydrogens (tertiary/aromatic N) is 2. The van der Waals surface area contributed by atoms with Gasteiger partial charge in [-0.3, -0.25) is 4.79 Å². The summed E-state index contributed by atoms with van der Waals surface area (Å²) < 4.78 is 5.79. The number of benzene rings is 1. The molecule has 0 bridgehead atoms. The first-order valence-corrected chi connectivity index (χ1v) is 8.73. The van der Waals surface area contributed by atoms with Crippen molar-refractivity contribution in [3.8, 4) is 5.75 Å². The second-order valence-electron chi connectivity index (χ2n) is 6.04. The number of ether oxygens (including phenoxy) is 1. The van der Waals surface area contributed by atoms with E-state index in [1.165, 1.54) is 6.33 Å². The molecule has 6 nitrogen and oxygen atoms in total. The number of carbonyl (C=O) groups excluding carboxylic acids is 1. The lowest BCUT2D eigenvalue weighted by Crippen LogP contribution is -2.25. The highest BCUT2D eigenvalue weighted by atomic mass is 16.5. The Morgan fingerprint density at radius 2 is 2.00 bits per heavy atom. The number of amides is 1. The van der Waals surface area contributed by atoms with Crippen LogP contribution in [-0.4, -0.2) is 28.5 Å². The summed E-state index contributed by atoms with van der Waals surface area (Å²) in [6, 6.07) is 9.27. The van der Waals surface area contributed by atoms with Gasteiger partial charge < -0.3 is 15.4 Å². The van der Waals surface area contributed by atoms with Crippen LogP contribution in [0.15, 0.2) is 36.7 Å². The van der Waals surface area contributed by atoms with E-state index in [2.05, 4.69) is 27.5 Å². The molecule has 0 saturated carbocycles. The Kier molecular flexibility index (Phi) is 7.19. The van der Waals surface area contributed by atoms with Crippen LogP contribution >= 0.6 is 0 Å². The van der Waals surface area contributed by atoms with Gasteiger partial charge in [0, 0.05) is 12.6 Å². The van der Waals surface area contributed by atoms with Crippen molar-refractivity contribution >= 4 is 17.4 Å². The van der Waals surface area contributed by atoms with Gasteiger partial charge in [-0.1, -0.05) is 31.9 Å². The van der Waals surface area contributed by atoms with E-state index in [9.17, 15) is 4.79 Å². The van der Waals surface area contributed by atoms with Gasteiger partial charge in [0.05, 0.1) is 11.8 Å². The molecule has 1 aromatic heterocycles. The Morgan fingerprint density at radius 1 is 1.20 bits per heavy atom. The summed E-state index contributed by atoms with van der Waals surface area (Å²) in [5.41, 5.74) is 1.14. The lowest BCUT2D eigenvalue weighted by Gasteiger charge is -2.15. The minimum atomic E-state index is -0.187. The van der Waals surface area contributed by atoms with Crippen molar-refractivity contribution in [3.63, 3.8) is 0 Å². The van der Waals surface area contributed by atoms with Crippen LogP contribution in [0.5, 0.6) is 5.75 Å². The Morgan fingerprint density at radius 3 is 2.76 bits per heavy atom. The Hall–Kier alpha value is -2.63. The van der Waals surface area contributed by atoms with Gasteiger partial charge in [0.15, 0.2) is 0 Å². The number of nitrogens with one attached hydrogen (secondary N) is 2. The van der Waals surface area contributed by atoms with Crippen LogP contribution in [-0.2, 0) is 0 Å². The molecule has 1 aromatic carbocycles. The van der Waals surface area contributed by atoms with Crippen LogP contribution in [0.4, 0.5) is 11.5 Å². The van der Waals surface area contributed by atoms with Gasteiger partial charge in [-0.05, 0) is 32.4 Å². The van der Waals surface area contributed by atoms with Crippen LogP contribution in [0.3, 0.4) is 0 Å². The highest BCUT2D eigenvalue weighted by Crippen LogP contribution is 2.27. The summed E-state index contributed by atoms with van der Waals surface area (Å²) in [5.74, 6) is 1.10. The quantitative estimate of drug-likeness (QED) is 0.675. The van der Waals surface area contributed by atoms with Crippen LogP contribution in [0.2, 0.25) is 0 Å². The zero-order valence-electron chi connectivity index (χ0n) is 15.1. The molecule has 1 amide bonds. The predicted octanol–water partition coefficient (Wildman–Crippen LogP) is 3.93. The fraction of sp³-hybridized carbons (Fsp3) is 0.421. The van der Waals surface area contributed by atoms with Crippen molar-refractivity contribution in [2.24, 2.45) is 0 Å². The first-order valence-electron chi connectivity index (χ1n) is 8.73. The van der Waals surface area contributed by atoms with Crippen molar-refractivity contribution < 1.29 is 9.53 Å². The third-order valence-corrected chi connectivity index (χ3v) is 3.48. The SMILES string of the molecule is CCCCCNC(=O)c1cc(Nc2ccccc2OC(C)C)ncn1. The molecule has 0 atom stereocenters. The number of aromatic nitrogens is 2. The topological polar surface area (TPSA) is 76.1 Å². The Bertz CT molecular complexity index is 689. The van der Waals surface area contributed by atoms with E-state index in [0.29, 0.717) is 18.1 Å². The van der Waals surface area contributed by atoms with E-state index in [1.807, 2.05) is 38.1 Å². The molecule has 2 rings (SSSR count). The molecule has 2 N–H and O–H groups in total. The fourth-order valence-electron chi connectivity index (χ4n) is 2.28. The normalized spacial score (nSPS) is 10.6. The number of hydrogen-bond acceptors (Lipinski definition) is 5. The second kappa shape index (κ2) is 9.61. The van der Waals surface area contributed by atoms with E-state index < -0.39 is 0 Å². The number of para-hydroxylation sites is 2. The highest BCUT2D eigenvalue weighted by molar-refractivity contribution is 5.93. The summed E-state index contributed by atoms with van der Waals surface area (Å²) in [4.78, 5) is 20.4. The third kappa shape index (κ3) is 6.06. The Balaban J connectivity index is 2.05. The number of anilines is 2. The third-order valence-electron chi connectivity index (χ3n) is 3.48. The standard InChI is InChI=1S/C19H26N4O2/c1-4-5-8-11-20-19(24)16-12-18(22-13-21-16)23-15-9-6-7-10-17(15)25-14(2)3/h6-7,9-10,12-14H,4-5,8,11H2,1-3H3,(H,20,24)(H,21,22,23). The average molecular weight is 342 g/mol. The van der Waals surface area contributed by atoms with Gasteiger partial charge in [0.2, 0.25) is 0 Å². The van der Waals surface area contributed by atoms with E-state index in [4.69, 9.17) is 4.74 Å². The monoisotopic (exact) mass is 342 g/mol. The van der Waals surface area contributed by atoms with E-state index in [-0.39, 0.29) is 12.0 Å². The molecule has 0 unspecified atom stereocenters. The molecule has 134 valence electrons. The van der Waals surface area contributed by atoms with Gasteiger partial charge in [-0.2, -0.15) is 0 Å². The van der Waals surface area contributed by atoms with E-state index in [0.717, 1.165) is 30.7 Å². The maximum Gasteiger partial charge on any atom is 0.270 e. The molecule has 0 saturated heterocycles.